The van der Waals surface area contributed by atoms with Crippen molar-refractivity contribution in [2.45, 2.75) is 13.3 Å². The summed E-state index contributed by atoms with van der Waals surface area (Å²) < 4.78 is 1.84. The molecular formula is C14H12N2O2. The van der Waals surface area contributed by atoms with Crippen LogP contribution in [0.15, 0.2) is 36.7 Å². The molecule has 4 nitrogen and oxygen atoms in total. The zero-order chi connectivity index (χ0) is 12.7. The van der Waals surface area contributed by atoms with E-state index in [-0.39, 0.29) is 6.42 Å². The largest absolute Gasteiger partial charge is 0.481 e. The predicted octanol–water partition coefficient (Wildman–Crippen LogP) is 2.42. The van der Waals surface area contributed by atoms with E-state index in [2.05, 4.69) is 18.0 Å². The minimum atomic E-state index is -0.846. The molecule has 1 aromatic carbocycles. The van der Waals surface area contributed by atoms with Crippen LogP contribution < -0.4 is 0 Å². The number of hydrogen-bond donors (Lipinski definition) is 1. The van der Waals surface area contributed by atoms with E-state index in [0.717, 1.165) is 16.4 Å². The van der Waals surface area contributed by atoms with E-state index in [0.29, 0.717) is 5.69 Å². The van der Waals surface area contributed by atoms with Crippen LogP contribution in [0.3, 0.4) is 0 Å². The number of aromatic nitrogens is 2. The van der Waals surface area contributed by atoms with Crippen molar-refractivity contribution in [3.8, 4) is 0 Å². The molecule has 18 heavy (non-hydrogen) atoms. The van der Waals surface area contributed by atoms with E-state index in [1.807, 2.05) is 28.8 Å². The van der Waals surface area contributed by atoms with E-state index in [1.54, 1.807) is 6.20 Å². The highest BCUT2D eigenvalue weighted by Gasteiger charge is 2.10. The second kappa shape index (κ2) is 3.84. The van der Waals surface area contributed by atoms with Crippen molar-refractivity contribution in [2.75, 3.05) is 0 Å². The average Bonchev–Trinajstić information content (AvgIpc) is 2.72. The summed E-state index contributed by atoms with van der Waals surface area (Å²) in [7, 11) is 0. The first-order chi connectivity index (χ1) is 8.66. The summed E-state index contributed by atoms with van der Waals surface area (Å²) in [5.74, 6) is -0.846. The van der Waals surface area contributed by atoms with Crippen LogP contribution >= 0.6 is 0 Å². The lowest BCUT2D eigenvalue weighted by Gasteiger charge is -2.05. The van der Waals surface area contributed by atoms with E-state index in [1.165, 1.54) is 5.56 Å². The van der Waals surface area contributed by atoms with Gasteiger partial charge in [0, 0.05) is 17.8 Å². The topological polar surface area (TPSA) is 54.6 Å². The second-order valence-electron chi connectivity index (χ2n) is 4.37. The number of fused-ring (bicyclic) bond motifs is 3. The van der Waals surface area contributed by atoms with Crippen molar-refractivity contribution in [3.63, 3.8) is 0 Å². The highest BCUT2D eigenvalue weighted by atomic mass is 16.4. The quantitative estimate of drug-likeness (QED) is 0.748. The Kier molecular flexibility index (Phi) is 2.30. The molecule has 2 aromatic heterocycles. The minimum absolute atomic E-state index is 0.0154. The number of pyridine rings is 1. The Morgan fingerprint density at radius 3 is 2.94 bits per heavy atom. The number of benzene rings is 1. The molecular weight excluding hydrogens is 228 g/mol. The number of carboxylic acid groups (broad SMARTS) is 1. The molecule has 0 amide bonds. The molecule has 2 heterocycles. The van der Waals surface area contributed by atoms with Gasteiger partial charge in [-0.3, -0.25) is 4.79 Å². The summed E-state index contributed by atoms with van der Waals surface area (Å²) >= 11 is 0. The third-order valence-electron chi connectivity index (χ3n) is 3.16. The third-order valence-corrected chi connectivity index (χ3v) is 3.16. The zero-order valence-corrected chi connectivity index (χ0v) is 9.92. The number of carboxylic acids is 1. The Morgan fingerprint density at radius 1 is 1.33 bits per heavy atom. The van der Waals surface area contributed by atoms with Crippen LogP contribution in [0.4, 0.5) is 0 Å². The molecule has 0 atom stereocenters. The van der Waals surface area contributed by atoms with Gasteiger partial charge in [0.15, 0.2) is 0 Å². The van der Waals surface area contributed by atoms with Crippen LogP contribution in [0.25, 0.3) is 16.4 Å². The predicted molar refractivity (Wildman–Crippen MR) is 68.8 cm³/mol. The summed E-state index contributed by atoms with van der Waals surface area (Å²) in [6.45, 7) is 2.06. The molecule has 90 valence electrons. The Bertz CT molecular complexity index is 759. The standard InChI is InChI=1S/C14H12N2O2/c1-9-3-2-4-12-11(9)5-6-16-10(7-13(17)18)8-15-14(12)16/h2-6,8H,7H2,1H3,(H,17,18). The van der Waals surface area contributed by atoms with Crippen molar-refractivity contribution in [1.29, 1.82) is 0 Å². The van der Waals surface area contributed by atoms with Gasteiger partial charge in [-0.1, -0.05) is 18.2 Å². The minimum Gasteiger partial charge on any atom is -0.481 e. The van der Waals surface area contributed by atoms with Gasteiger partial charge in [-0.2, -0.15) is 0 Å². The highest BCUT2D eigenvalue weighted by molar-refractivity contribution is 5.96. The lowest BCUT2D eigenvalue weighted by Crippen LogP contribution is -2.03. The van der Waals surface area contributed by atoms with Gasteiger partial charge >= 0.3 is 5.97 Å². The van der Waals surface area contributed by atoms with Gasteiger partial charge in [0.1, 0.15) is 5.65 Å². The smallest absolute Gasteiger partial charge is 0.309 e. The van der Waals surface area contributed by atoms with Gasteiger partial charge in [-0.25, -0.2) is 4.98 Å². The van der Waals surface area contributed by atoms with Crippen LogP contribution in [0, 0.1) is 6.92 Å². The number of imidazole rings is 1. The summed E-state index contributed by atoms with van der Waals surface area (Å²) in [4.78, 5) is 15.1. The maximum atomic E-state index is 10.8. The van der Waals surface area contributed by atoms with E-state index >= 15 is 0 Å². The molecule has 0 aliphatic rings. The third kappa shape index (κ3) is 1.54. The monoisotopic (exact) mass is 240 g/mol. The molecule has 3 rings (SSSR count). The summed E-state index contributed by atoms with van der Waals surface area (Å²) in [5, 5.41) is 11.1. The van der Waals surface area contributed by atoms with Crippen LogP contribution in [-0.4, -0.2) is 20.5 Å². The lowest BCUT2D eigenvalue weighted by atomic mass is 10.1. The number of rotatable bonds is 2. The van der Waals surface area contributed by atoms with Crippen molar-refractivity contribution in [1.82, 2.24) is 9.38 Å². The van der Waals surface area contributed by atoms with Crippen molar-refractivity contribution >= 4 is 22.4 Å². The van der Waals surface area contributed by atoms with E-state index in [4.69, 9.17) is 5.11 Å². The van der Waals surface area contributed by atoms with Gasteiger partial charge < -0.3 is 9.51 Å². The molecule has 0 saturated carbocycles. The van der Waals surface area contributed by atoms with Crippen LogP contribution in [0.2, 0.25) is 0 Å². The summed E-state index contributed by atoms with van der Waals surface area (Å²) in [6.07, 6.45) is 3.50. The van der Waals surface area contributed by atoms with Crippen molar-refractivity contribution in [3.05, 3.63) is 47.9 Å². The molecule has 0 radical (unpaired) electrons. The maximum Gasteiger partial charge on any atom is 0.309 e. The zero-order valence-electron chi connectivity index (χ0n) is 9.92. The molecule has 3 aromatic rings. The van der Waals surface area contributed by atoms with Gasteiger partial charge in [-0.15, -0.1) is 0 Å². The van der Waals surface area contributed by atoms with Crippen LogP contribution in [0.5, 0.6) is 0 Å². The summed E-state index contributed by atoms with van der Waals surface area (Å²) in [6, 6.07) is 8.06. The number of nitrogens with zero attached hydrogens (tertiary/aromatic N) is 2. The number of hydrogen-bond acceptors (Lipinski definition) is 2. The first kappa shape index (κ1) is 10.8. The SMILES string of the molecule is Cc1cccc2c1ccn1c(CC(=O)O)cnc21. The molecule has 0 fully saturated rings. The van der Waals surface area contributed by atoms with Gasteiger partial charge in [-0.05, 0) is 23.9 Å². The Morgan fingerprint density at radius 2 is 2.17 bits per heavy atom. The number of carbonyl (C=O) groups is 1. The average molecular weight is 240 g/mol. The molecule has 4 heteroatoms. The van der Waals surface area contributed by atoms with Gasteiger partial charge in [0.2, 0.25) is 0 Å². The van der Waals surface area contributed by atoms with Gasteiger partial charge in [0.05, 0.1) is 12.1 Å². The fourth-order valence-corrected chi connectivity index (χ4v) is 2.29. The summed E-state index contributed by atoms with van der Waals surface area (Å²) in [5.41, 5.74) is 2.70. The molecule has 0 saturated heterocycles. The Balaban J connectivity index is 2.33. The van der Waals surface area contributed by atoms with Crippen LogP contribution in [0.1, 0.15) is 11.3 Å². The number of aryl methyl sites for hydroxylation is 1. The first-order valence-electron chi connectivity index (χ1n) is 5.73. The molecule has 0 spiro atoms. The molecule has 0 unspecified atom stereocenters. The normalized spacial score (nSPS) is 11.2. The molecule has 0 aliphatic heterocycles. The number of aliphatic carboxylic acids is 1. The molecule has 1 N–H and O–H groups in total. The van der Waals surface area contributed by atoms with Crippen LogP contribution in [-0.2, 0) is 11.2 Å². The first-order valence-corrected chi connectivity index (χ1v) is 5.73. The Labute approximate surface area is 104 Å². The lowest BCUT2D eigenvalue weighted by molar-refractivity contribution is -0.136. The van der Waals surface area contributed by atoms with E-state index in [9.17, 15) is 4.79 Å². The van der Waals surface area contributed by atoms with Crippen molar-refractivity contribution in [2.24, 2.45) is 0 Å². The molecule has 0 aliphatic carbocycles. The second-order valence-corrected chi connectivity index (χ2v) is 4.37. The Hall–Kier alpha value is -2.36. The maximum absolute atomic E-state index is 10.8. The fourth-order valence-electron chi connectivity index (χ4n) is 2.29. The highest BCUT2D eigenvalue weighted by Crippen LogP contribution is 2.23. The van der Waals surface area contributed by atoms with E-state index < -0.39 is 5.97 Å². The molecule has 0 bridgehead atoms. The van der Waals surface area contributed by atoms with Gasteiger partial charge in [0.25, 0.3) is 0 Å². The fraction of sp³-hybridized carbons (Fsp3) is 0.143. The van der Waals surface area contributed by atoms with Crippen molar-refractivity contribution < 1.29 is 9.90 Å².